The zero-order chi connectivity index (χ0) is 33.3. The van der Waals surface area contributed by atoms with Gasteiger partial charge in [-0.15, -0.1) is 0 Å². The number of nitriles is 1. The molecule has 1 aliphatic heterocycles. The van der Waals surface area contributed by atoms with Crippen molar-refractivity contribution in [1.29, 1.82) is 5.26 Å². The van der Waals surface area contributed by atoms with Gasteiger partial charge in [-0.05, 0) is 88.2 Å². The van der Waals surface area contributed by atoms with Gasteiger partial charge >= 0.3 is 11.9 Å². The number of fused-ring (bicyclic) bond motifs is 6. The summed E-state index contributed by atoms with van der Waals surface area (Å²) in [6, 6.07) is 8.22. The van der Waals surface area contributed by atoms with Crippen molar-refractivity contribution in [3.8, 4) is 6.07 Å². The summed E-state index contributed by atoms with van der Waals surface area (Å²) in [6.45, 7) is -0.165. The molecule has 1 saturated heterocycles. The van der Waals surface area contributed by atoms with Crippen molar-refractivity contribution in [2.45, 2.75) is 120 Å². The third kappa shape index (κ3) is 6.79. The molecular weight excluding hydrogens is 610 g/mol. The van der Waals surface area contributed by atoms with E-state index in [0.717, 1.165) is 60.8 Å². The Bertz CT molecular complexity index is 1380. The van der Waals surface area contributed by atoms with E-state index in [1.54, 1.807) is 0 Å². The molecule has 6 aliphatic carbocycles. The van der Waals surface area contributed by atoms with E-state index in [1.165, 1.54) is 0 Å². The molecule has 1 aromatic carbocycles. The van der Waals surface area contributed by atoms with E-state index in [-0.39, 0.29) is 42.8 Å². The lowest BCUT2D eigenvalue weighted by molar-refractivity contribution is -0.166. The molecule has 1 aromatic rings. The van der Waals surface area contributed by atoms with Crippen molar-refractivity contribution < 1.29 is 37.4 Å². The normalized spacial score (nSPS) is 33.6. The molecule has 6 saturated carbocycles. The second-order valence-electron chi connectivity index (χ2n) is 14.7. The van der Waals surface area contributed by atoms with Crippen molar-refractivity contribution in [1.82, 2.24) is 15.5 Å². The van der Waals surface area contributed by atoms with E-state index >= 15 is 0 Å². The van der Waals surface area contributed by atoms with Gasteiger partial charge in [0.25, 0.3) is 5.92 Å². The molecule has 8 rings (SSSR count). The van der Waals surface area contributed by atoms with Gasteiger partial charge in [-0.1, -0.05) is 24.3 Å². The largest absolute Gasteiger partial charge is 0.460 e. The lowest BCUT2D eigenvalue weighted by Crippen LogP contribution is -2.58. The Labute approximate surface area is 273 Å². The molecule has 12 heteroatoms. The highest BCUT2D eigenvalue weighted by Gasteiger charge is 2.55. The van der Waals surface area contributed by atoms with Gasteiger partial charge in [0.1, 0.15) is 25.5 Å². The Kier molecular flexibility index (Phi) is 9.17. The maximum absolute atomic E-state index is 13.8. The van der Waals surface area contributed by atoms with E-state index in [4.69, 9.17) is 9.47 Å². The minimum atomic E-state index is -3.04. The summed E-state index contributed by atoms with van der Waals surface area (Å²) in [6.07, 6.45) is 9.10. The first-order chi connectivity index (χ1) is 22.4. The van der Waals surface area contributed by atoms with Gasteiger partial charge in [0.15, 0.2) is 0 Å². The monoisotopic (exact) mass is 654 g/mol. The van der Waals surface area contributed by atoms with Gasteiger partial charge in [-0.2, -0.15) is 5.26 Å². The molecule has 1 unspecified atom stereocenters. The fraction of sp³-hybridized carbons (Fsp3) is 0.686. The number of likely N-dealkylation sites (tertiary alicyclic amines) is 1. The van der Waals surface area contributed by atoms with E-state index in [1.807, 2.05) is 30.3 Å². The fourth-order valence-corrected chi connectivity index (χ4v) is 8.67. The van der Waals surface area contributed by atoms with Crippen LogP contribution in [0.25, 0.3) is 0 Å². The number of aldehydes is 1. The standard InChI is InChI=1S/C35H44F2N4O6/c36-35(37)19-27(20-38)41(24-35)28(43)21-40-34-14-8-32(9-15-34,10-16-34)30(45)47-23-26-3-1-25(2-4-26)22-46-29(44)31-5-11-33(12-6-31,13-7-31)39-17-18-42/h1-4,18,27,39-40H,5-17,19,21-24H2. The Morgan fingerprint density at radius 1 is 0.809 bits per heavy atom. The first-order valence-corrected chi connectivity index (χ1v) is 16.9. The van der Waals surface area contributed by atoms with Crippen LogP contribution in [0.1, 0.15) is 94.6 Å². The van der Waals surface area contributed by atoms with Crippen LogP contribution in [0, 0.1) is 22.2 Å². The van der Waals surface area contributed by atoms with Crippen molar-refractivity contribution in [2.75, 3.05) is 19.6 Å². The van der Waals surface area contributed by atoms with Crippen LogP contribution in [0.2, 0.25) is 0 Å². The van der Waals surface area contributed by atoms with Crippen molar-refractivity contribution in [3.63, 3.8) is 0 Å². The molecule has 254 valence electrons. The van der Waals surface area contributed by atoms with Gasteiger partial charge < -0.3 is 29.8 Å². The number of amides is 1. The van der Waals surface area contributed by atoms with Gasteiger partial charge in [0, 0.05) is 17.5 Å². The molecule has 7 aliphatic rings. The number of nitrogens with one attached hydrogen (secondary N) is 2. The summed E-state index contributed by atoms with van der Waals surface area (Å²) in [5.74, 6) is -3.91. The predicted octanol–water partition coefficient (Wildman–Crippen LogP) is 4.10. The highest BCUT2D eigenvalue weighted by atomic mass is 19.3. The number of benzene rings is 1. The zero-order valence-corrected chi connectivity index (χ0v) is 26.8. The second-order valence-corrected chi connectivity index (χ2v) is 14.7. The average molecular weight is 655 g/mol. The summed E-state index contributed by atoms with van der Waals surface area (Å²) < 4.78 is 39.1. The number of nitrogens with zero attached hydrogens (tertiary/aromatic N) is 2. The Morgan fingerprint density at radius 2 is 1.26 bits per heavy atom. The van der Waals surface area contributed by atoms with Gasteiger partial charge in [-0.25, -0.2) is 8.78 Å². The Hall–Kier alpha value is -3.43. The lowest BCUT2D eigenvalue weighted by atomic mass is 9.57. The van der Waals surface area contributed by atoms with Gasteiger partial charge in [0.2, 0.25) is 5.91 Å². The molecular formula is C35H44F2N4O6. The SMILES string of the molecule is N#CC1CC(F)(F)CN1C(=O)CNC12CCC(C(=O)OCc3ccc(COC(=O)C45CCC(NCC=O)(CC4)CC5)cc3)(CC1)CC2. The molecule has 0 spiro atoms. The highest BCUT2D eigenvalue weighted by molar-refractivity contribution is 5.80. The number of rotatable bonds is 12. The average Bonchev–Trinajstić information content (AvgIpc) is 3.44. The van der Waals surface area contributed by atoms with Crippen LogP contribution < -0.4 is 10.6 Å². The number of halogens is 2. The molecule has 7 fully saturated rings. The second kappa shape index (κ2) is 12.9. The van der Waals surface area contributed by atoms with Crippen molar-refractivity contribution >= 4 is 24.1 Å². The molecule has 4 bridgehead atoms. The molecule has 0 aromatic heterocycles. The van der Waals surface area contributed by atoms with Crippen LogP contribution in [0.15, 0.2) is 24.3 Å². The molecule has 0 radical (unpaired) electrons. The number of alkyl halides is 2. The molecule has 1 heterocycles. The van der Waals surface area contributed by atoms with Gasteiger partial charge in [-0.3, -0.25) is 14.4 Å². The van der Waals surface area contributed by atoms with Crippen LogP contribution >= 0.6 is 0 Å². The number of hydrogen-bond acceptors (Lipinski definition) is 9. The van der Waals surface area contributed by atoms with E-state index in [9.17, 15) is 33.2 Å². The zero-order valence-electron chi connectivity index (χ0n) is 26.8. The van der Waals surface area contributed by atoms with Crippen molar-refractivity contribution in [2.24, 2.45) is 10.8 Å². The van der Waals surface area contributed by atoms with Crippen LogP contribution in [0.5, 0.6) is 0 Å². The minimum absolute atomic E-state index is 0.0246. The summed E-state index contributed by atoms with van der Waals surface area (Å²) in [5.41, 5.74) is 0.356. The number of carbonyl (C=O) groups excluding carboxylic acids is 4. The van der Waals surface area contributed by atoms with Crippen LogP contribution in [-0.2, 0) is 41.9 Å². The summed E-state index contributed by atoms with van der Waals surface area (Å²) >= 11 is 0. The summed E-state index contributed by atoms with van der Waals surface area (Å²) in [4.78, 5) is 50.8. The smallest absolute Gasteiger partial charge is 0.312 e. The minimum Gasteiger partial charge on any atom is -0.460 e. The third-order valence-electron chi connectivity index (χ3n) is 12.0. The van der Waals surface area contributed by atoms with E-state index in [0.29, 0.717) is 45.1 Å². The third-order valence-corrected chi connectivity index (χ3v) is 12.0. The summed E-state index contributed by atoms with van der Waals surface area (Å²) in [7, 11) is 0. The van der Waals surface area contributed by atoms with E-state index in [2.05, 4.69) is 10.6 Å². The van der Waals surface area contributed by atoms with Crippen LogP contribution in [0.3, 0.4) is 0 Å². The lowest BCUT2D eigenvalue weighted by Gasteiger charge is -2.52. The van der Waals surface area contributed by atoms with Crippen LogP contribution in [-0.4, -0.2) is 71.7 Å². The Balaban J connectivity index is 0.925. The maximum atomic E-state index is 13.8. The first-order valence-electron chi connectivity index (χ1n) is 16.9. The predicted molar refractivity (Wildman–Crippen MR) is 165 cm³/mol. The Morgan fingerprint density at radius 3 is 1.68 bits per heavy atom. The summed E-state index contributed by atoms with van der Waals surface area (Å²) in [5, 5.41) is 15.9. The molecule has 10 nitrogen and oxygen atoms in total. The topological polar surface area (TPSA) is 138 Å². The van der Waals surface area contributed by atoms with Gasteiger partial charge in [0.05, 0.1) is 36.5 Å². The highest BCUT2D eigenvalue weighted by Crippen LogP contribution is 2.54. The quantitative estimate of drug-likeness (QED) is 0.252. The molecule has 47 heavy (non-hydrogen) atoms. The molecule has 2 N–H and O–H groups in total. The maximum Gasteiger partial charge on any atom is 0.312 e. The number of carbonyl (C=O) groups is 4. The fourth-order valence-electron chi connectivity index (χ4n) is 8.67. The van der Waals surface area contributed by atoms with E-state index < -0.39 is 41.7 Å². The number of ether oxygens (including phenoxy) is 2. The molecule has 1 atom stereocenters. The number of esters is 2. The first kappa shape index (κ1) is 33.5. The number of hydrogen-bond donors (Lipinski definition) is 2. The molecule has 1 amide bonds. The van der Waals surface area contributed by atoms with Crippen LogP contribution in [0.4, 0.5) is 8.78 Å². The van der Waals surface area contributed by atoms with Crippen molar-refractivity contribution in [3.05, 3.63) is 35.4 Å².